The lowest BCUT2D eigenvalue weighted by molar-refractivity contribution is 0.417. The van der Waals surface area contributed by atoms with Gasteiger partial charge in [-0.2, -0.15) is 0 Å². The van der Waals surface area contributed by atoms with Crippen molar-refractivity contribution in [1.82, 2.24) is 0 Å². The van der Waals surface area contributed by atoms with Crippen LogP contribution in [0, 0.1) is 11.8 Å². The Balaban J connectivity index is 4.42. The van der Waals surface area contributed by atoms with Crippen molar-refractivity contribution in [2.75, 3.05) is 0 Å². The summed E-state index contributed by atoms with van der Waals surface area (Å²) in [4.78, 5) is 0. The molecule has 0 aromatic heterocycles. The third kappa shape index (κ3) is 4.20. The van der Waals surface area contributed by atoms with Gasteiger partial charge in [0.15, 0.2) is 0 Å². The van der Waals surface area contributed by atoms with Gasteiger partial charge in [0.1, 0.15) is 0 Å². The van der Waals surface area contributed by atoms with Gasteiger partial charge in [0.25, 0.3) is 0 Å². The third-order valence-electron chi connectivity index (χ3n) is 4.04. The molecule has 0 aromatic rings. The highest BCUT2D eigenvalue weighted by atomic mass is 24.5. The van der Waals surface area contributed by atoms with Gasteiger partial charge in [-0.3, -0.25) is 0 Å². The van der Waals surface area contributed by atoms with E-state index in [-0.39, 0.29) is 20.4 Å². The first kappa shape index (κ1) is 13.8. The molecular formula is C12H26Mg. The van der Waals surface area contributed by atoms with Crippen LogP contribution < -0.4 is 0 Å². The van der Waals surface area contributed by atoms with E-state index in [9.17, 15) is 0 Å². The Labute approximate surface area is 94.6 Å². The topological polar surface area (TPSA) is 0 Å². The van der Waals surface area contributed by atoms with Crippen molar-refractivity contribution in [3.63, 3.8) is 0 Å². The molecule has 0 nitrogen and oxygen atoms in total. The molecule has 0 N–H and O–H groups in total. The molecule has 0 aromatic carbocycles. The molecule has 0 radical (unpaired) electrons. The van der Waals surface area contributed by atoms with Crippen molar-refractivity contribution in [3.8, 4) is 0 Å². The van der Waals surface area contributed by atoms with Crippen molar-refractivity contribution >= 4 is 20.4 Å². The lowest BCUT2D eigenvalue weighted by Crippen LogP contribution is -2.31. The fourth-order valence-corrected chi connectivity index (χ4v) is 4.75. The third-order valence-corrected chi connectivity index (χ3v) is 7.49. The van der Waals surface area contributed by atoms with E-state index in [1.807, 2.05) is 0 Å². The zero-order valence-electron chi connectivity index (χ0n) is 10.9. The van der Waals surface area contributed by atoms with E-state index < -0.39 is 0 Å². The molecule has 0 aliphatic heterocycles. The molecular weight excluding hydrogens is 168 g/mol. The number of hydrogen-bond acceptors (Lipinski definition) is 0. The predicted molar refractivity (Wildman–Crippen MR) is 63.5 cm³/mol. The largest absolute Gasteiger partial charge is 0.382 e. The second-order valence-corrected chi connectivity index (χ2v) is 10.5. The predicted octanol–water partition coefficient (Wildman–Crippen LogP) is 4.40. The second kappa shape index (κ2) is 4.52. The summed E-state index contributed by atoms with van der Waals surface area (Å²) in [5, 5.41) is 0. The summed E-state index contributed by atoms with van der Waals surface area (Å²) >= 11 is -0.0278. The van der Waals surface area contributed by atoms with Gasteiger partial charge in [-0.15, -0.1) is 7.09 Å². The molecule has 0 rings (SSSR count). The van der Waals surface area contributed by atoms with E-state index in [1.165, 1.54) is 0 Å². The first-order chi connectivity index (χ1) is 5.59. The normalized spacial score (nSPS) is 13.7. The van der Waals surface area contributed by atoms with Crippen LogP contribution in [0.4, 0.5) is 0 Å². The van der Waals surface area contributed by atoms with Crippen LogP contribution >= 0.6 is 0 Å². The van der Waals surface area contributed by atoms with E-state index >= 15 is 0 Å². The van der Waals surface area contributed by atoms with Crippen LogP contribution in [-0.2, 0) is 0 Å². The molecule has 0 saturated heterocycles. The smallest absolute Gasteiger partial charge is 0.126 e. The zero-order chi connectivity index (χ0) is 10.9. The van der Waals surface area contributed by atoms with Crippen LogP contribution in [0.1, 0.15) is 55.4 Å². The average molecular weight is 195 g/mol. The van der Waals surface area contributed by atoms with Gasteiger partial charge in [-0.1, -0.05) is 67.2 Å². The lowest BCUT2D eigenvalue weighted by Gasteiger charge is -2.39. The van der Waals surface area contributed by atoms with Crippen molar-refractivity contribution in [2.24, 2.45) is 11.8 Å². The Bertz CT molecular complexity index is 137. The van der Waals surface area contributed by atoms with E-state index in [0.29, 0.717) is 7.09 Å². The summed E-state index contributed by atoms with van der Waals surface area (Å²) in [6.07, 6.45) is 0. The Kier molecular flexibility index (Phi) is 4.79. The molecule has 76 valence electrons. The van der Waals surface area contributed by atoms with Gasteiger partial charge >= 0.3 is 20.4 Å². The summed E-state index contributed by atoms with van der Waals surface area (Å²) in [5.41, 5.74) is 0. The monoisotopic (exact) mass is 194 g/mol. The van der Waals surface area contributed by atoms with Crippen molar-refractivity contribution in [2.45, 2.75) is 62.5 Å². The Hall–Kier alpha value is 0.766. The molecule has 0 aliphatic carbocycles. The maximum Gasteiger partial charge on any atom is 0.382 e. The fraction of sp³-hybridized carbons (Fsp3) is 1.00. The SMILES string of the molecule is CC(C)[C](C)(C)[Mg][C](C)(C)C(C)C. The summed E-state index contributed by atoms with van der Waals surface area (Å²) in [6.45, 7) is 19.3. The van der Waals surface area contributed by atoms with Crippen LogP contribution in [-0.4, -0.2) is 20.4 Å². The fourth-order valence-electron chi connectivity index (χ4n) is 1.58. The summed E-state index contributed by atoms with van der Waals surface area (Å²) in [7, 11) is 0. The zero-order valence-corrected chi connectivity index (χ0v) is 12.3. The number of rotatable bonds is 4. The molecule has 0 aliphatic rings. The van der Waals surface area contributed by atoms with Gasteiger partial charge < -0.3 is 0 Å². The Morgan fingerprint density at radius 2 is 0.923 bits per heavy atom. The van der Waals surface area contributed by atoms with Crippen LogP contribution in [0.15, 0.2) is 0 Å². The van der Waals surface area contributed by atoms with Crippen LogP contribution in [0.5, 0.6) is 0 Å². The molecule has 13 heavy (non-hydrogen) atoms. The summed E-state index contributed by atoms with van der Waals surface area (Å²) in [5.74, 6) is 1.66. The highest BCUT2D eigenvalue weighted by molar-refractivity contribution is 6.43. The van der Waals surface area contributed by atoms with Crippen molar-refractivity contribution < 1.29 is 0 Å². The Morgan fingerprint density at radius 1 is 0.692 bits per heavy atom. The quantitative estimate of drug-likeness (QED) is 0.582. The molecule has 0 amide bonds. The molecule has 0 heterocycles. The van der Waals surface area contributed by atoms with Gasteiger partial charge in [-0.05, 0) is 0 Å². The minimum absolute atomic E-state index is 0.0278. The van der Waals surface area contributed by atoms with Gasteiger partial charge in [0.05, 0.1) is 0 Å². The molecule has 0 fully saturated rings. The van der Waals surface area contributed by atoms with Crippen LogP contribution in [0.2, 0.25) is 7.09 Å². The minimum Gasteiger partial charge on any atom is -0.126 e. The maximum atomic E-state index is 2.45. The van der Waals surface area contributed by atoms with Crippen LogP contribution in [0.25, 0.3) is 0 Å². The first-order valence-corrected chi connectivity index (χ1v) is 7.01. The van der Waals surface area contributed by atoms with Crippen molar-refractivity contribution in [1.29, 1.82) is 0 Å². The molecule has 0 saturated carbocycles. The highest BCUT2D eigenvalue weighted by Gasteiger charge is 2.35. The standard InChI is InChI=1S/2C6H13.Mg/c2*1-5(2)6(3)4;/h2*5H,1-4H3;. The van der Waals surface area contributed by atoms with Crippen LogP contribution in [0.3, 0.4) is 0 Å². The maximum absolute atomic E-state index is 2.45. The summed E-state index contributed by atoms with van der Waals surface area (Å²) < 4.78 is 1.21. The second-order valence-electron chi connectivity index (χ2n) is 6.46. The Morgan fingerprint density at radius 3 is 1.08 bits per heavy atom. The van der Waals surface area contributed by atoms with E-state index in [4.69, 9.17) is 0 Å². The first-order valence-electron chi connectivity index (χ1n) is 5.59. The van der Waals surface area contributed by atoms with E-state index in [1.54, 1.807) is 0 Å². The van der Waals surface area contributed by atoms with E-state index in [0.717, 1.165) is 11.8 Å². The van der Waals surface area contributed by atoms with E-state index in [2.05, 4.69) is 55.4 Å². The lowest BCUT2D eigenvalue weighted by atomic mass is 9.96. The molecule has 0 unspecified atom stereocenters. The summed E-state index contributed by atoms with van der Waals surface area (Å²) in [6, 6.07) is 0. The highest BCUT2D eigenvalue weighted by Crippen LogP contribution is 2.44. The van der Waals surface area contributed by atoms with Gasteiger partial charge in [-0.25, -0.2) is 0 Å². The average Bonchev–Trinajstić information content (AvgIpc) is 1.83. The molecule has 0 atom stereocenters. The number of hydrogen-bond donors (Lipinski definition) is 0. The van der Waals surface area contributed by atoms with Gasteiger partial charge in [0, 0.05) is 0 Å². The molecule has 0 spiro atoms. The molecule has 1 heteroatoms. The van der Waals surface area contributed by atoms with Crippen molar-refractivity contribution in [3.05, 3.63) is 0 Å². The molecule has 0 bridgehead atoms. The van der Waals surface area contributed by atoms with Gasteiger partial charge in [0.2, 0.25) is 0 Å². The minimum atomic E-state index is -0.0278.